The SMILES string of the molecule is CCCNC(=O)CCNCc1ccc(F)c(C)c1. The summed E-state index contributed by atoms with van der Waals surface area (Å²) in [6.07, 6.45) is 1.42. The first-order chi connectivity index (χ1) is 8.63. The quantitative estimate of drug-likeness (QED) is 0.730. The average molecular weight is 252 g/mol. The Morgan fingerprint density at radius 3 is 2.78 bits per heavy atom. The molecule has 0 fully saturated rings. The Balaban J connectivity index is 2.21. The highest BCUT2D eigenvalue weighted by atomic mass is 19.1. The maximum atomic E-state index is 13.0. The Kier molecular flexibility index (Phi) is 6.36. The second kappa shape index (κ2) is 7.82. The van der Waals surface area contributed by atoms with Crippen LogP contribution in [0.25, 0.3) is 0 Å². The van der Waals surface area contributed by atoms with Crippen molar-refractivity contribution in [3.8, 4) is 0 Å². The highest BCUT2D eigenvalue weighted by molar-refractivity contribution is 5.75. The topological polar surface area (TPSA) is 41.1 Å². The van der Waals surface area contributed by atoms with Gasteiger partial charge in [-0.3, -0.25) is 4.79 Å². The van der Waals surface area contributed by atoms with Gasteiger partial charge in [-0.1, -0.05) is 19.1 Å². The minimum absolute atomic E-state index is 0.0691. The van der Waals surface area contributed by atoms with Gasteiger partial charge < -0.3 is 10.6 Å². The lowest BCUT2D eigenvalue weighted by molar-refractivity contribution is -0.120. The number of hydrogen-bond acceptors (Lipinski definition) is 2. The number of halogens is 1. The van der Waals surface area contributed by atoms with E-state index in [4.69, 9.17) is 0 Å². The molecular weight excluding hydrogens is 231 g/mol. The fourth-order valence-electron chi connectivity index (χ4n) is 1.60. The Bertz CT molecular complexity index is 393. The van der Waals surface area contributed by atoms with Crippen LogP contribution in [0.3, 0.4) is 0 Å². The van der Waals surface area contributed by atoms with E-state index in [0.717, 1.165) is 18.5 Å². The molecule has 0 aliphatic carbocycles. The molecule has 1 aromatic carbocycles. The highest BCUT2D eigenvalue weighted by Crippen LogP contribution is 2.08. The first-order valence-corrected chi connectivity index (χ1v) is 6.36. The minimum atomic E-state index is -0.183. The van der Waals surface area contributed by atoms with Crippen molar-refractivity contribution in [1.82, 2.24) is 10.6 Å². The Morgan fingerprint density at radius 1 is 1.33 bits per heavy atom. The predicted octanol–water partition coefficient (Wildman–Crippen LogP) is 2.14. The fourth-order valence-corrected chi connectivity index (χ4v) is 1.60. The van der Waals surface area contributed by atoms with E-state index >= 15 is 0 Å². The van der Waals surface area contributed by atoms with Crippen molar-refractivity contribution in [2.75, 3.05) is 13.1 Å². The number of rotatable bonds is 7. The summed E-state index contributed by atoms with van der Waals surface area (Å²) >= 11 is 0. The molecule has 0 radical (unpaired) electrons. The Morgan fingerprint density at radius 2 is 2.11 bits per heavy atom. The first-order valence-electron chi connectivity index (χ1n) is 6.36. The molecule has 0 spiro atoms. The van der Waals surface area contributed by atoms with Crippen LogP contribution >= 0.6 is 0 Å². The summed E-state index contributed by atoms with van der Waals surface area (Å²) in [5.41, 5.74) is 1.68. The minimum Gasteiger partial charge on any atom is -0.356 e. The highest BCUT2D eigenvalue weighted by Gasteiger charge is 2.01. The molecule has 0 saturated carbocycles. The molecule has 0 bridgehead atoms. The zero-order valence-corrected chi connectivity index (χ0v) is 11.1. The number of carbonyl (C=O) groups is 1. The molecule has 0 aromatic heterocycles. The van der Waals surface area contributed by atoms with Crippen LogP contribution in [0.2, 0.25) is 0 Å². The predicted molar refractivity (Wildman–Crippen MR) is 70.8 cm³/mol. The maximum absolute atomic E-state index is 13.0. The van der Waals surface area contributed by atoms with Gasteiger partial charge in [0.2, 0.25) is 5.91 Å². The molecule has 0 heterocycles. The summed E-state index contributed by atoms with van der Waals surface area (Å²) in [6.45, 7) is 5.79. The van der Waals surface area contributed by atoms with Crippen molar-refractivity contribution < 1.29 is 9.18 Å². The van der Waals surface area contributed by atoms with Gasteiger partial charge in [0.1, 0.15) is 5.82 Å². The van der Waals surface area contributed by atoms with Crippen molar-refractivity contribution in [3.63, 3.8) is 0 Å². The van der Waals surface area contributed by atoms with E-state index in [2.05, 4.69) is 10.6 Å². The van der Waals surface area contributed by atoms with Gasteiger partial charge >= 0.3 is 0 Å². The molecule has 1 rings (SSSR count). The lowest BCUT2D eigenvalue weighted by Gasteiger charge is -2.06. The van der Waals surface area contributed by atoms with E-state index in [1.54, 1.807) is 13.0 Å². The number of aryl methyl sites for hydroxylation is 1. The maximum Gasteiger partial charge on any atom is 0.221 e. The molecule has 100 valence electrons. The number of hydrogen-bond donors (Lipinski definition) is 2. The van der Waals surface area contributed by atoms with Crippen molar-refractivity contribution in [1.29, 1.82) is 0 Å². The number of carbonyl (C=O) groups excluding carboxylic acids is 1. The van der Waals surface area contributed by atoms with Crippen LogP contribution in [0.1, 0.15) is 30.9 Å². The standard InChI is InChI=1S/C14H21FN2O/c1-3-7-17-14(18)6-8-16-10-12-4-5-13(15)11(2)9-12/h4-5,9,16H,3,6-8,10H2,1-2H3,(H,17,18). The summed E-state index contributed by atoms with van der Waals surface area (Å²) in [5.74, 6) is -0.114. The van der Waals surface area contributed by atoms with Crippen LogP contribution in [0.15, 0.2) is 18.2 Å². The molecule has 1 aromatic rings. The van der Waals surface area contributed by atoms with Gasteiger partial charge in [-0.2, -0.15) is 0 Å². The van der Waals surface area contributed by atoms with E-state index in [1.807, 2.05) is 13.0 Å². The molecular formula is C14H21FN2O. The molecule has 1 amide bonds. The van der Waals surface area contributed by atoms with Gasteiger partial charge in [-0.05, 0) is 30.5 Å². The van der Waals surface area contributed by atoms with Gasteiger partial charge in [0.15, 0.2) is 0 Å². The average Bonchev–Trinajstić information content (AvgIpc) is 2.36. The monoisotopic (exact) mass is 252 g/mol. The smallest absolute Gasteiger partial charge is 0.221 e. The number of nitrogens with one attached hydrogen (secondary N) is 2. The molecule has 2 N–H and O–H groups in total. The van der Waals surface area contributed by atoms with Crippen LogP contribution in [-0.4, -0.2) is 19.0 Å². The molecule has 18 heavy (non-hydrogen) atoms. The zero-order chi connectivity index (χ0) is 13.4. The van der Waals surface area contributed by atoms with Crippen LogP contribution in [0.5, 0.6) is 0 Å². The van der Waals surface area contributed by atoms with E-state index < -0.39 is 0 Å². The van der Waals surface area contributed by atoms with E-state index in [0.29, 0.717) is 25.1 Å². The molecule has 0 aliphatic heterocycles. The third-order valence-corrected chi connectivity index (χ3v) is 2.65. The summed E-state index contributed by atoms with van der Waals surface area (Å²) in [6, 6.07) is 5.05. The molecule has 0 atom stereocenters. The second-order valence-corrected chi connectivity index (χ2v) is 4.36. The van der Waals surface area contributed by atoms with E-state index in [1.165, 1.54) is 6.07 Å². The third kappa shape index (κ3) is 5.27. The Labute approximate surface area is 108 Å². The van der Waals surface area contributed by atoms with Crippen LogP contribution in [-0.2, 0) is 11.3 Å². The molecule has 3 nitrogen and oxygen atoms in total. The van der Waals surface area contributed by atoms with Crippen LogP contribution in [0, 0.1) is 12.7 Å². The van der Waals surface area contributed by atoms with Crippen molar-refractivity contribution in [2.45, 2.75) is 33.2 Å². The molecule has 0 unspecified atom stereocenters. The van der Waals surface area contributed by atoms with Crippen molar-refractivity contribution in [2.24, 2.45) is 0 Å². The lowest BCUT2D eigenvalue weighted by Crippen LogP contribution is -2.28. The van der Waals surface area contributed by atoms with Crippen molar-refractivity contribution in [3.05, 3.63) is 35.1 Å². The lowest BCUT2D eigenvalue weighted by atomic mass is 10.1. The summed E-state index contributed by atoms with van der Waals surface area (Å²) in [7, 11) is 0. The largest absolute Gasteiger partial charge is 0.356 e. The molecule has 0 aliphatic rings. The first kappa shape index (κ1) is 14.6. The third-order valence-electron chi connectivity index (χ3n) is 2.65. The van der Waals surface area contributed by atoms with Crippen LogP contribution < -0.4 is 10.6 Å². The van der Waals surface area contributed by atoms with Gasteiger partial charge in [-0.15, -0.1) is 0 Å². The van der Waals surface area contributed by atoms with E-state index in [9.17, 15) is 9.18 Å². The summed E-state index contributed by atoms with van der Waals surface area (Å²) in [5, 5.41) is 5.99. The number of benzene rings is 1. The molecule has 0 saturated heterocycles. The summed E-state index contributed by atoms with van der Waals surface area (Å²) in [4.78, 5) is 11.3. The molecule has 4 heteroatoms. The normalized spacial score (nSPS) is 10.4. The zero-order valence-electron chi connectivity index (χ0n) is 11.1. The van der Waals surface area contributed by atoms with Gasteiger partial charge in [0, 0.05) is 26.1 Å². The second-order valence-electron chi connectivity index (χ2n) is 4.36. The Hall–Kier alpha value is -1.42. The van der Waals surface area contributed by atoms with Gasteiger partial charge in [0.25, 0.3) is 0 Å². The number of amides is 1. The van der Waals surface area contributed by atoms with Crippen LogP contribution in [0.4, 0.5) is 4.39 Å². The van der Waals surface area contributed by atoms with Gasteiger partial charge in [0.05, 0.1) is 0 Å². The fraction of sp³-hybridized carbons (Fsp3) is 0.500. The van der Waals surface area contributed by atoms with E-state index in [-0.39, 0.29) is 11.7 Å². The van der Waals surface area contributed by atoms with Gasteiger partial charge in [-0.25, -0.2) is 4.39 Å². The summed E-state index contributed by atoms with van der Waals surface area (Å²) < 4.78 is 13.0. The van der Waals surface area contributed by atoms with Crippen molar-refractivity contribution >= 4 is 5.91 Å².